The van der Waals surface area contributed by atoms with Crippen LogP contribution in [0.1, 0.15) is 53.9 Å². The van der Waals surface area contributed by atoms with Crippen LogP contribution in [-0.2, 0) is 0 Å². The van der Waals surface area contributed by atoms with E-state index in [0.29, 0.717) is 5.41 Å². The molecule has 1 fully saturated rings. The monoisotopic (exact) mass is 254 g/mol. The summed E-state index contributed by atoms with van der Waals surface area (Å²) in [6, 6.07) is 0. The first kappa shape index (κ1) is 16.0. The predicted molar refractivity (Wildman–Crippen MR) is 80.9 cm³/mol. The van der Waals surface area contributed by atoms with E-state index in [1.807, 2.05) is 0 Å². The summed E-state index contributed by atoms with van der Waals surface area (Å²) in [4.78, 5) is 2.72. The first-order valence-corrected chi connectivity index (χ1v) is 8.00. The highest BCUT2D eigenvalue weighted by molar-refractivity contribution is 4.85. The van der Waals surface area contributed by atoms with Gasteiger partial charge in [0, 0.05) is 19.6 Å². The third kappa shape index (κ3) is 4.24. The largest absolute Gasteiger partial charge is 0.316 e. The van der Waals surface area contributed by atoms with Crippen LogP contribution in [0.5, 0.6) is 0 Å². The Labute approximate surface area is 115 Å². The maximum Gasteiger partial charge on any atom is 0.00501 e. The van der Waals surface area contributed by atoms with Crippen molar-refractivity contribution in [3.8, 4) is 0 Å². The number of likely N-dealkylation sites (tertiary alicyclic amines) is 1. The van der Waals surface area contributed by atoms with Gasteiger partial charge in [0.1, 0.15) is 0 Å². The van der Waals surface area contributed by atoms with Gasteiger partial charge in [-0.1, -0.05) is 34.6 Å². The SMILES string of the molecule is CCNCC(CC)(CC)CN1CCC(C)C(C)C1. The Morgan fingerprint density at radius 2 is 1.78 bits per heavy atom. The third-order valence-electron chi connectivity index (χ3n) is 5.23. The molecule has 2 unspecified atom stereocenters. The highest BCUT2D eigenvalue weighted by Crippen LogP contribution is 2.30. The lowest BCUT2D eigenvalue weighted by molar-refractivity contribution is 0.0765. The van der Waals surface area contributed by atoms with E-state index < -0.39 is 0 Å². The van der Waals surface area contributed by atoms with Crippen molar-refractivity contribution in [2.75, 3.05) is 32.7 Å². The van der Waals surface area contributed by atoms with Crippen molar-refractivity contribution in [2.24, 2.45) is 17.3 Å². The normalized spacial score (nSPS) is 26.5. The molecule has 0 radical (unpaired) electrons. The van der Waals surface area contributed by atoms with Gasteiger partial charge in [-0.2, -0.15) is 0 Å². The van der Waals surface area contributed by atoms with Gasteiger partial charge in [-0.3, -0.25) is 0 Å². The second-order valence-corrected chi connectivity index (χ2v) is 6.47. The van der Waals surface area contributed by atoms with E-state index in [-0.39, 0.29) is 0 Å². The van der Waals surface area contributed by atoms with Crippen LogP contribution in [0.4, 0.5) is 0 Å². The van der Waals surface area contributed by atoms with Gasteiger partial charge in [0.05, 0.1) is 0 Å². The smallest absolute Gasteiger partial charge is 0.00501 e. The van der Waals surface area contributed by atoms with Crippen molar-refractivity contribution in [3.05, 3.63) is 0 Å². The minimum Gasteiger partial charge on any atom is -0.316 e. The molecule has 1 aliphatic rings. The van der Waals surface area contributed by atoms with E-state index in [4.69, 9.17) is 0 Å². The zero-order valence-corrected chi connectivity index (χ0v) is 13.3. The zero-order chi connectivity index (χ0) is 13.6. The summed E-state index contributed by atoms with van der Waals surface area (Å²) in [6.45, 7) is 17.9. The summed E-state index contributed by atoms with van der Waals surface area (Å²) in [5.41, 5.74) is 0.482. The number of hydrogen-bond acceptors (Lipinski definition) is 2. The standard InChI is InChI=1S/C16H34N2/c1-6-16(7-2,12-17-8-3)13-18-10-9-14(4)15(5)11-18/h14-15,17H,6-13H2,1-5H3. The van der Waals surface area contributed by atoms with Crippen molar-refractivity contribution in [2.45, 2.75) is 53.9 Å². The number of rotatable bonds is 7. The van der Waals surface area contributed by atoms with Gasteiger partial charge in [-0.25, -0.2) is 0 Å². The maximum absolute atomic E-state index is 3.57. The van der Waals surface area contributed by atoms with Crippen LogP contribution in [0.25, 0.3) is 0 Å². The van der Waals surface area contributed by atoms with Crippen molar-refractivity contribution in [3.63, 3.8) is 0 Å². The average molecular weight is 254 g/mol. The predicted octanol–water partition coefficient (Wildman–Crippen LogP) is 3.38. The summed E-state index contributed by atoms with van der Waals surface area (Å²) >= 11 is 0. The molecule has 0 amide bonds. The first-order chi connectivity index (χ1) is 8.56. The molecule has 1 saturated heterocycles. The first-order valence-electron chi connectivity index (χ1n) is 8.00. The molecule has 0 spiro atoms. The highest BCUT2D eigenvalue weighted by Gasteiger charge is 2.31. The lowest BCUT2D eigenvalue weighted by atomic mass is 9.80. The molecule has 0 aliphatic carbocycles. The van der Waals surface area contributed by atoms with Gasteiger partial charge in [0.15, 0.2) is 0 Å². The Balaban J connectivity index is 2.55. The Bertz CT molecular complexity index is 223. The van der Waals surface area contributed by atoms with Crippen LogP contribution in [-0.4, -0.2) is 37.6 Å². The van der Waals surface area contributed by atoms with Crippen LogP contribution in [0, 0.1) is 17.3 Å². The number of nitrogens with one attached hydrogen (secondary N) is 1. The molecule has 0 aromatic carbocycles. The van der Waals surface area contributed by atoms with E-state index in [0.717, 1.165) is 18.4 Å². The van der Waals surface area contributed by atoms with Gasteiger partial charge in [-0.05, 0) is 49.6 Å². The molecular formula is C16H34N2. The lowest BCUT2D eigenvalue weighted by Crippen LogP contribution is -2.48. The minimum atomic E-state index is 0.482. The van der Waals surface area contributed by atoms with Gasteiger partial charge in [0.2, 0.25) is 0 Å². The van der Waals surface area contributed by atoms with Crippen LogP contribution in [0.15, 0.2) is 0 Å². The molecule has 1 N–H and O–H groups in total. The summed E-state index contributed by atoms with van der Waals surface area (Å²) in [5, 5.41) is 3.57. The molecule has 2 nitrogen and oxygen atoms in total. The van der Waals surface area contributed by atoms with Crippen molar-refractivity contribution >= 4 is 0 Å². The van der Waals surface area contributed by atoms with Gasteiger partial charge >= 0.3 is 0 Å². The fourth-order valence-electron chi connectivity index (χ4n) is 3.14. The summed E-state index contributed by atoms with van der Waals surface area (Å²) in [7, 11) is 0. The van der Waals surface area contributed by atoms with Crippen molar-refractivity contribution in [1.82, 2.24) is 10.2 Å². The van der Waals surface area contributed by atoms with Gasteiger partial charge in [-0.15, -0.1) is 0 Å². The molecule has 0 aromatic heterocycles. The number of piperidine rings is 1. The molecule has 1 aliphatic heterocycles. The molecule has 108 valence electrons. The molecule has 0 bridgehead atoms. The summed E-state index contributed by atoms with van der Waals surface area (Å²) < 4.78 is 0. The maximum atomic E-state index is 3.57. The van der Waals surface area contributed by atoms with E-state index >= 15 is 0 Å². The van der Waals surface area contributed by atoms with Crippen LogP contribution in [0.2, 0.25) is 0 Å². The van der Waals surface area contributed by atoms with E-state index in [1.54, 1.807) is 0 Å². The van der Waals surface area contributed by atoms with Crippen LogP contribution >= 0.6 is 0 Å². The third-order valence-corrected chi connectivity index (χ3v) is 5.23. The Hall–Kier alpha value is -0.0800. The molecule has 2 heteroatoms. The Kier molecular flexibility index (Phi) is 6.65. The minimum absolute atomic E-state index is 0.482. The quantitative estimate of drug-likeness (QED) is 0.749. The molecular weight excluding hydrogens is 220 g/mol. The van der Waals surface area contributed by atoms with Crippen LogP contribution < -0.4 is 5.32 Å². The van der Waals surface area contributed by atoms with E-state index in [2.05, 4.69) is 44.8 Å². The van der Waals surface area contributed by atoms with E-state index in [1.165, 1.54) is 45.4 Å². The fourth-order valence-corrected chi connectivity index (χ4v) is 3.14. The molecule has 1 heterocycles. The van der Waals surface area contributed by atoms with Gasteiger partial charge in [0.25, 0.3) is 0 Å². The van der Waals surface area contributed by atoms with Gasteiger partial charge < -0.3 is 10.2 Å². The molecule has 2 atom stereocenters. The highest BCUT2D eigenvalue weighted by atomic mass is 15.1. The molecule has 1 rings (SSSR count). The summed E-state index contributed by atoms with van der Waals surface area (Å²) in [6.07, 6.45) is 3.96. The number of nitrogens with zero attached hydrogens (tertiary/aromatic N) is 1. The Morgan fingerprint density at radius 1 is 1.11 bits per heavy atom. The Morgan fingerprint density at radius 3 is 2.28 bits per heavy atom. The number of hydrogen-bond donors (Lipinski definition) is 1. The topological polar surface area (TPSA) is 15.3 Å². The fraction of sp³-hybridized carbons (Fsp3) is 1.00. The van der Waals surface area contributed by atoms with Crippen molar-refractivity contribution in [1.29, 1.82) is 0 Å². The van der Waals surface area contributed by atoms with E-state index in [9.17, 15) is 0 Å². The second-order valence-electron chi connectivity index (χ2n) is 6.47. The zero-order valence-electron chi connectivity index (χ0n) is 13.3. The second kappa shape index (κ2) is 7.49. The summed E-state index contributed by atoms with van der Waals surface area (Å²) in [5.74, 6) is 1.77. The molecule has 0 saturated carbocycles. The molecule has 0 aromatic rings. The average Bonchev–Trinajstić information content (AvgIpc) is 2.39. The van der Waals surface area contributed by atoms with Crippen molar-refractivity contribution < 1.29 is 0 Å². The van der Waals surface area contributed by atoms with Crippen LogP contribution in [0.3, 0.4) is 0 Å². The lowest BCUT2D eigenvalue weighted by Gasteiger charge is -2.42. The molecule has 18 heavy (non-hydrogen) atoms.